The van der Waals surface area contributed by atoms with Crippen molar-refractivity contribution in [3.05, 3.63) is 64.7 Å². The molecule has 0 spiro atoms. The molecule has 2 aromatic carbocycles. The molecule has 1 saturated heterocycles. The van der Waals surface area contributed by atoms with E-state index in [4.69, 9.17) is 9.47 Å². The molecule has 0 aromatic heterocycles. The van der Waals surface area contributed by atoms with E-state index in [9.17, 15) is 14.4 Å². The number of anilines is 1. The van der Waals surface area contributed by atoms with Crippen molar-refractivity contribution < 1.29 is 23.9 Å². The molecular formula is C21H21NO5S2. The van der Waals surface area contributed by atoms with Crippen molar-refractivity contribution >= 4 is 47.1 Å². The number of amides is 1. The van der Waals surface area contributed by atoms with E-state index in [0.29, 0.717) is 15.8 Å². The maximum absolute atomic E-state index is 12.6. The molecule has 0 atom stereocenters. The molecule has 1 fully saturated rings. The zero-order valence-electron chi connectivity index (χ0n) is 16.1. The quantitative estimate of drug-likeness (QED) is 0.704. The van der Waals surface area contributed by atoms with Gasteiger partial charge in [0, 0.05) is 11.3 Å². The fraction of sp³-hybridized carbons (Fsp3) is 0.286. The lowest BCUT2D eigenvalue weighted by atomic mass is 10.1. The summed E-state index contributed by atoms with van der Waals surface area (Å²) in [7, 11) is 2.49. The third-order valence-corrected chi connectivity index (χ3v) is 7.32. The van der Waals surface area contributed by atoms with Crippen LogP contribution < -0.4 is 5.32 Å². The first kappa shape index (κ1) is 21.3. The van der Waals surface area contributed by atoms with Gasteiger partial charge < -0.3 is 14.8 Å². The van der Waals surface area contributed by atoms with Gasteiger partial charge in [0.15, 0.2) is 0 Å². The Morgan fingerprint density at radius 1 is 0.862 bits per heavy atom. The van der Waals surface area contributed by atoms with E-state index < -0.39 is 11.9 Å². The van der Waals surface area contributed by atoms with Crippen LogP contribution in [0, 0.1) is 0 Å². The smallest absolute Gasteiger partial charge is 0.337 e. The topological polar surface area (TPSA) is 81.7 Å². The molecule has 2 aromatic rings. The summed E-state index contributed by atoms with van der Waals surface area (Å²) < 4.78 is 9.83. The second kappa shape index (κ2) is 9.84. The second-order valence-corrected chi connectivity index (χ2v) is 9.01. The Labute approximate surface area is 177 Å². The van der Waals surface area contributed by atoms with Gasteiger partial charge in [-0.3, -0.25) is 4.79 Å². The summed E-state index contributed by atoms with van der Waals surface area (Å²) in [6.07, 6.45) is 1.23. The van der Waals surface area contributed by atoms with Crippen LogP contribution in [0.5, 0.6) is 0 Å². The van der Waals surface area contributed by atoms with Crippen LogP contribution in [0.2, 0.25) is 0 Å². The Bertz CT molecular complexity index is 874. The van der Waals surface area contributed by atoms with Gasteiger partial charge in [-0.15, -0.1) is 23.5 Å². The molecule has 152 valence electrons. The van der Waals surface area contributed by atoms with E-state index in [1.165, 1.54) is 44.4 Å². The Balaban J connectivity index is 1.78. The molecule has 0 saturated carbocycles. The van der Waals surface area contributed by atoms with Gasteiger partial charge in [0.2, 0.25) is 0 Å². The molecule has 0 aliphatic carbocycles. The number of hydrogen-bond acceptors (Lipinski definition) is 7. The number of rotatable bonds is 5. The summed E-state index contributed by atoms with van der Waals surface area (Å²) in [6.45, 7) is 0. The molecule has 0 bridgehead atoms. The summed E-state index contributed by atoms with van der Waals surface area (Å²) in [5.41, 5.74) is 2.28. The molecule has 6 nitrogen and oxygen atoms in total. The van der Waals surface area contributed by atoms with Gasteiger partial charge in [0.1, 0.15) is 0 Å². The Hall–Kier alpha value is -2.45. The molecule has 8 heteroatoms. The number of ether oxygens (including phenoxy) is 2. The van der Waals surface area contributed by atoms with Crippen LogP contribution >= 0.6 is 23.5 Å². The van der Waals surface area contributed by atoms with Crippen molar-refractivity contribution in [3.8, 4) is 0 Å². The van der Waals surface area contributed by atoms with Crippen LogP contribution in [0.3, 0.4) is 0 Å². The molecule has 1 heterocycles. The van der Waals surface area contributed by atoms with Crippen LogP contribution in [0.25, 0.3) is 0 Å². The molecule has 1 aliphatic rings. The van der Waals surface area contributed by atoms with Gasteiger partial charge in [-0.1, -0.05) is 12.1 Å². The minimum Gasteiger partial charge on any atom is -0.465 e. The van der Waals surface area contributed by atoms with E-state index in [0.717, 1.165) is 11.5 Å². The average Bonchev–Trinajstić information content (AvgIpc) is 2.78. The summed E-state index contributed by atoms with van der Waals surface area (Å²) in [5, 5.41) is 2.73. The van der Waals surface area contributed by atoms with Gasteiger partial charge in [-0.25, -0.2) is 9.59 Å². The molecular weight excluding hydrogens is 410 g/mol. The predicted octanol–water partition coefficient (Wildman–Crippen LogP) is 4.38. The SMILES string of the molecule is COC(=O)c1cc(NC(=O)c2ccc(C3SCCCS3)cc2)cc(C(=O)OC)c1. The first-order chi connectivity index (χ1) is 14.0. The standard InChI is InChI=1S/C21H21NO5S2/c1-26-19(24)15-10-16(20(25)27-2)12-17(11-15)22-18(23)13-4-6-14(7-5-13)21-28-8-3-9-29-21/h4-7,10-12,21H,3,8-9H2,1-2H3,(H,22,23). The summed E-state index contributed by atoms with van der Waals surface area (Å²) in [6, 6.07) is 11.8. The lowest BCUT2D eigenvalue weighted by molar-refractivity contribution is 0.0599. The van der Waals surface area contributed by atoms with Crippen molar-refractivity contribution in [2.45, 2.75) is 11.0 Å². The van der Waals surface area contributed by atoms with E-state index in [2.05, 4.69) is 5.32 Å². The van der Waals surface area contributed by atoms with Gasteiger partial charge in [0.05, 0.1) is 29.9 Å². The highest BCUT2D eigenvalue weighted by Crippen LogP contribution is 2.43. The zero-order valence-corrected chi connectivity index (χ0v) is 17.7. The van der Waals surface area contributed by atoms with Crippen molar-refractivity contribution in [2.75, 3.05) is 31.0 Å². The largest absolute Gasteiger partial charge is 0.465 e. The number of benzene rings is 2. The van der Waals surface area contributed by atoms with Crippen LogP contribution in [0.1, 0.15) is 47.6 Å². The fourth-order valence-corrected chi connectivity index (χ4v) is 5.74. The highest BCUT2D eigenvalue weighted by atomic mass is 32.2. The Morgan fingerprint density at radius 2 is 1.41 bits per heavy atom. The number of carbonyl (C=O) groups is 3. The Morgan fingerprint density at radius 3 is 1.93 bits per heavy atom. The average molecular weight is 432 g/mol. The number of hydrogen-bond donors (Lipinski definition) is 1. The maximum atomic E-state index is 12.6. The maximum Gasteiger partial charge on any atom is 0.337 e. The third kappa shape index (κ3) is 5.33. The first-order valence-electron chi connectivity index (χ1n) is 8.98. The zero-order chi connectivity index (χ0) is 20.8. The summed E-state index contributed by atoms with van der Waals surface area (Å²) >= 11 is 3.84. The number of nitrogens with one attached hydrogen (secondary N) is 1. The highest BCUT2D eigenvalue weighted by molar-refractivity contribution is 8.16. The molecule has 1 aliphatic heterocycles. The van der Waals surface area contributed by atoms with Crippen LogP contribution in [-0.4, -0.2) is 43.6 Å². The first-order valence-corrected chi connectivity index (χ1v) is 11.1. The monoisotopic (exact) mass is 431 g/mol. The van der Waals surface area contributed by atoms with Gasteiger partial charge in [-0.2, -0.15) is 0 Å². The number of methoxy groups -OCH3 is 2. The fourth-order valence-electron chi connectivity index (χ4n) is 2.85. The third-order valence-electron chi connectivity index (χ3n) is 4.31. The van der Waals surface area contributed by atoms with E-state index >= 15 is 0 Å². The molecule has 0 radical (unpaired) electrons. The minimum atomic E-state index is -0.613. The molecule has 29 heavy (non-hydrogen) atoms. The highest BCUT2D eigenvalue weighted by Gasteiger charge is 2.18. The molecule has 3 rings (SSSR count). The molecule has 1 amide bonds. The normalized spacial score (nSPS) is 14.1. The minimum absolute atomic E-state index is 0.146. The predicted molar refractivity (Wildman–Crippen MR) is 116 cm³/mol. The summed E-state index contributed by atoms with van der Waals surface area (Å²) in [4.78, 5) is 36.4. The van der Waals surface area contributed by atoms with Crippen LogP contribution in [0.15, 0.2) is 42.5 Å². The van der Waals surface area contributed by atoms with Gasteiger partial charge in [0.25, 0.3) is 5.91 Å². The lowest BCUT2D eigenvalue weighted by Crippen LogP contribution is -2.14. The van der Waals surface area contributed by atoms with E-state index in [1.54, 1.807) is 12.1 Å². The lowest BCUT2D eigenvalue weighted by Gasteiger charge is -2.21. The number of esters is 2. The van der Waals surface area contributed by atoms with E-state index in [-0.39, 0.29) is 17.0 Å². The van der Waals surface area contributed by atoms with E-state index in [1.807, 2.05) is 35.7 Å². The van der Waals surface area contributed by atoms with Gasteiger partial charge in [-0.05, 0) is 53.8 Å². The summed E-state index contributed by atoms with van der Waals surface area (Å²) in [5.74, 6) is 0.743. The Kier molecular flexibility index (Phi) is 7.22. The molecule has 0 unspecified atom stereocenters. The van der Waals surface area contributed by atoms with Gasteiger partial charge >= 0.3 is 11.9 Å². The van der Waals surface area contributed by atoms with Crippen LogP contribution in [-0.2, 0) is 9.47 Å². The van der Waals surface area contributed by atoms with Crippen molar-refractivity contribution in [1.82, 2.24) is 0 Å². The number of carbonyl (C=O) groups excluding carboxylic acids is 3. The molecule has 1 N–H and O–H groups in total. The number of thioether (sulfide) groups is 2. The van der Waals surface area contributed by atoms with Crippen molar-refractivity contribution in [3.63, 3.8) is 0 Å². The second-order valence-electron chi connectivity index (χ2n) is 6.29. The van der Waals surface area contributed by atoms with Crippen molar-refractivity contribution in [1.29, 1.82) is 0 Å². The van der Waals surface area contributed by atoms with Crippen LogP contribution in [0.4, 0.5) is 5.69 Å². The van der Waals surface area contributed by atoms with Crippen molar-refractivity contribution in [2.24, 2.45) is 0 Å².